The van der Waals surface area contributed by atoms with Crippen LogP contribution in [0.4, 0.5) is 0 Å². The predicted molar refractivity (Wildman–Crippen MR) is 81.1 cm³/mol. The lowest BCUT2D eigenvalue weighted by Gasteiger charge is -2.09. The SMILES string of the molecule is O=NC(C(=O)c1ccc2ccccc2c1)c1ccncc1. The highest BCUT2D eigenvalue weighted by Gasteiger charge is 2.23. The van der Waals surface area contributed by atoms with Crippen LogP contribution in [0.3, 0.4) is 0 Å². The number of benzene rings is 2. The fourth-order valence-electron chi connectivity index (χ4n) is 2.31. The largest absolute Gasteiger partial charge is 0.291 e. The second kappa shape index (κ2) is 5.63. The summed E-state index contributed by atoms with van der Waals surface area (Å²) in [6.45, 7) is 0. The lowest BCUT2D eigenvalue weighted by molar-refractivity contribution is 0.0962. The average Bonchev–Trinajstić information content (AvgIpc) is 2.56. The van der Waals surface area contributed by atoms with Crippen LogP contribution in [0.15, 0.2) is 72.2 Å². The van der Waals surface area contributed by atoms with Gasteiger partial charge in [-0.25, -0.2) is 0 Å². The third-order valence-corrected chi connectivity index (χ3v) is 3.41. The van der Waals surface area contributed by atoms with E-state index >= 15 is 0 Å². The van der Waals surface area contributed by atoms with Gasteiger partial charge in [0, 0.05) is 18.0 Å². The molecule has 0 N–H and O–H groups in total. The van der Waals surface area contributed by atoms with Crippen LogP contribution < -0.4 is 0 Å². The molecule has 0 radical (unpaired) electrons. The molecule has 21 heavy (non-hydrogen) atoms. The number of hydrogen-bond donors (Lipinski definition) is 0. The summed E-state index contributed by atoms with van der Waals surface area (Å²) in [5.74, 6) is -0.304. The van der Waals surface area contributed by atoms with Crippen LogP contribution in [-0.2, 0) is 0 Å². The minimum absolute atomic E-state index is 0.304. The molecule has 3 rings (SSSR count). The molecule has 0 spiro atoms. The van der Waals surface area contributed by atoms with Crippen molar-refractivity contribution in [3.63, 3.8) is 0 Å². The van der Waals surface area contributed by atoms with E-state index in [2.05, 4.69) is 10.2 Å². The first-order valence-corrected chi connectivity index (χ1v) is 6.55. The lowest BCUT2D eigenvalue weighted by atomic mass is 9.97. The van der Waals surface area contributed by atoms with Gasteiger partial charge in [0.15, 0.2) is 11.8 Å². The summed E-state index contributed by atoms with van der Waals surface area (Å²) < 4.78 is 0. The quantitative estimate of drug-likeness (QED) is 0.536. The molecular formula is C17H12N2O2. The van der Waals surface area contributed by atoms with Gasteiger partial charge in [-0.2, -0.15) is 0 Å². The molecule has 1 aromatic heterocycles. The number of aromatic nitrogens is 1. The summed E-state index contributed by atoms with van der Waals surface area (Å²) in [6.07, 6.45) is 3.09. The van der Waals surface area contributed by atoms with E-state index in [1.54, 1.807) is 36.7 Å². The van der Waals surface area contributed by atoms with E-state index in [-0.39, 0.29) is 5.78 Å². The Morgan fingerprint density at radius 2 is 1.67 bits per heavy atom. The van der Waals surface area contributed by atoms with Gasteiger partial charge in [-0.05, 0) is 34.5 Å². The fourth-order valence-corrected chi connectivity index (χ4v) is 2.31. The van der Waals surface area contributed by atoms with Gasteiger partial charge >= 0.3 is 0 Å². The Hall–Kier alpha value is -2.88. The third-order valence-electron chi connectivity index (χ3n) is 3.41. The van der Waals surface area contributed by atoms with E-state index in [0.29, 0.717) is 11.1 Å². The van der Waals surface area contributed by atoms with Crippen LogP contribution in [0.1, 0.15) is 22.0 Å². The first-order chi connectivity index (χ1) is 10.3. The van der Waals surface area contributed by atoms with Gasteiger partial charge in [-0.1, -0.05) is 41.6 Å². The van der Waals surface area contributed by atoms with Crippen LogP contribution in [-0.4, -0.2) is 10.8 Å². The van der Waals surface area contributed by atoms with E-state index in [1.165, 1.54) is 0 Å². The molecule has 0 aliphatic carbocycles. The minimum atomic E-state index is -1.03. The van der Waals surface area contributed by atoms with Gasteiger partial charge < -0.3 is 0 Å². The zero-order valence-electron chi connectivity index (χ0n) is 11.1. The second-order valence-corrected chi connectivity index (χ2v) is 4.71. The van der Waals surface area contributed by atoms with E-state index in [9.17, 15) is 9.70 Å². The average molecular weight is 276 g/mol. The van der Waals surface area contributed by atoms with Crippen molar-refractivity contribution in [3.8, 4) is 0 Å². The monoisotopic (exact) mass is 276 g/mol. The molecule has 1 atom stereocenters. The first kappa shape index (κ1) is 13.1. The highest BCUT2D eigenvalue weighted by molar-refractivity contribution is 6.03. The molecule has 0 saturated heterocycles. The minimum Gasteiger partial charge on any atom is -0.291 e. The van der Waals surface area contributed by atoms with E-state index in [1.807, 2.05) is 30.3 Å². The highest BCUT2D eigenvalue weighted by atomic mass is 16.3. The summed E-state index contributed by atoms with van der Waals surface area (Å²) in [6, 6.07) is 15.4. The van der Waals surface area contributed by atoms with Crippen molar-refractivity contribution in [2.24, 2.45) is 5.18 Å². The lowest BCUT2D eigenvalue weighted by Crippen LogP contribution is -2.10. The van der Waals surface area contributed by atoms with Crippen molar-refractivity contribution in [2.45, 2.75) is 6.04 Å². The number of rotatable bonds is 4. The molecule has 1 heterocycles. The van der Waals surface area contributed by atoms with Gasteiger partial charge in [0.05, 0.1) is 0 Å². The Kier molecular flexibility index (Phi) is 3.51. The first-order valence-electron chi connectivity index (χ1n) is 6.55. The normalized spacial score (nSPS) is 12.0. The fraction of sp³-hybridized carbons (Fsp3) is 0.0588. The molecule has 0 bridgehead atoms. The summed E-state index contributed by atoms with van der Waals surface area (Å²) in [5, 5.41) is 5.00. The number of nitroso groups, excluding NO2 is 1. The highest BCUT2D eigenvalue weighted by Crippen LogP contribution is 2.24. The van der Waals surface area contributed by atoms with Gasteiger partial charge in [0.25, 0.3) is 0 Å². The van der Waals surface area contributed by atoms with Gasteiger partial charge in [0.2, 0.25) is 0 Å². The molecule has 4 heteroatoms. The van der Waals surface area contributed by atoms with Crippen LogP contribution in [0.25, 0.3) is 10.8 Å². The van der Waals surface area contributed by atoms with Crippen molar-refractivity contribution in [2.75, 3.05) is 0 Å². The number of carbonyl (C=O) groups excluding carboxylic acids is 1. The number of pyridine rings is 1. The molecule has 0 amide bonds. The second-order valence-electron chi connectivity index (χ2n) is 4.71. The van der Waals surface area contributed by atoms with Crippen molar-refractivity contribution < 1.29 is 4.79 Å². The number of carbonyl (C=O) groups is 1. The topological polar surface area (TPSA) is 59.4 Å². The molecule has 0 aliphatic heterocycles. The van der Waals surface area contributed by atoms with Crippen LogP contribution in [0.5, 0.6) is 0 Å². The Morgan fingerprint density at radius 1 is 0.952 bits per heavy atom. The van der Waals surface area contributed by atoms with Gasteiger partial charge in [-0.3, -0.25) is 9.78 Å². The third kappa shape index (κ3) is 2.56. The molecule has 3 aromatic rings. The van der Waals surface area contributed by atoms with Crippen LogP contribution in [0.2, 0.25) is 0 Å². The van der Waals surface area contributed by atoms with Gasteiger partial charge in [-0.15, -0.1) is 4.91 Å². The maximum atomic E-state index is 12.5. The van der Waals surface area contributed by atoms with Crippen molar-refractivity contribution in [1.29, 1.82) is 0 Å². The van der Waals surface area contributed by atoms with E-state index < -0.39 is 6.04 Å². The maximum Gasteiger partial charge on any atom is 0.195 e. The number of nitrogens with zero attached hydrogens (tertiary/aromatic N) is 2. The zero-order valence-corrected chi connectivity index (χ0v) is 11.1. The van der Waals surface area contributed by atoms with Crippen LogP contribution >= 0.6 is 0 Å². The summed E-state index contributed by atoms with van der Waals surface area (Å²) in [7, 11) is 0. The molecule has 2 aromatic carbocycles. The summed E-state index contributed by atoms with van der Waals surface area (Å²) in [5.41, 5.74) is 1.04. The number of fused-ring (bicyclic) bond motifs is 1. The van der Waals surface area contributed by atoms with E-state index in [4.69, 9.17) is 0 Å². The predicted octanol–water partition coefficient (Wildman–Crippen LogP) is 3.93. The molecule has 1 unspecified atom stereocenters. The van der Waals surface area contributed by atoms with E-state index in [0.717, 1.165) is 10.8 Å². The number of ketones is 1. The summed E-state index contributed by atoms with van der Waals surface area (Å²) in [4.78, 5) is 27.5. The molecule has 0 saturated carbocycles. The number of hydrogen-bond acceptors (Lipinski definition) is 4. The summed E-state index contributed by atoms with van der Waals surface area (Å²) >= 11 is 0. The smallest absolute Gasteiger partial charge is 0.195 e. The molecule has 0 fully saturated rings. The Balaban J connectivity index is 2.00. The maximum absolute atomic E-state index is 12.5. The van der Waals surface area contributed by atoms with Crippen LogP contribution in [0, 0.1) is 4.91 Å². The molecule has 102 valence electrons. The van der Waals surface area contributed by atoms with Crippen molar-refractivity contribution in [1.82, 2.24) is 4.98 Å². The Bertz CT molecular complexity index is 800. The molecule has 4 nitrogen and oxygen atoms in total. The molecular weight excluding hydrogens is 264 g/mol. The Morgan fingerprint density at radius 3 is 2.38 bits per heavy atom. The van der Waals surface area contributed by atoms with Gasteiger partial charge in [0.1, 0.15) is 0 Å². The number of Topliss-reactive ketones (excluding diaryl/α,β-unsaturated/α-hetero) is 1. The standard InChI is InChI=1S/C17H12N2O2/c20-17(16(19-21)13-7-9-18-10-8-13)15-6-5-12-3-1-2-4-14(12)11-15/h1-11,16H. The van der Waals surface area contributed by atoms with Crippen molar-refractivity contribution in [3.05, 3.63) is 83.0 Å². The molecule has 0 aliphatic rings. The zero-order chi connectivity index (χ0) is 14.7. The Labute approximate surface area is 121 Å². The van der Waals surface area contributed by atoms with Crippen molar-refractivity contribution >= 4 is 16.6 Å².